The molecule has 18 aromatic carbocycles. The van der Waals surface area contributed by atoms with Crippen LogP contribution in [0.4, 0.5) is 34.1 Å². The van der Waals surface area contributed by atoms with Crippen LogP contribution in [0.25, 0.3) is 179 Å². The monoisotopic (exact) mass is 1840 g/mol. The highest BCUT2D eigenvalue weighted by Gasteiger charge is 2.47. The van der Waals surface area contributed by atoms with Crippen molar-refractivity contribution in [2.75, 3.05) is 9.80 Å². The molecule has 0 N–H and O–H groups in total. The Bertz CT molecular complexity index is 9020. The molecule has 0 radical (unpaired) electrons. The molecular formula is C132H114BN3OS2. The average Bonchev–Trinajstić information content (AvgIpc) is 1.24. The summed E-state index contributed by atoms with van der Waals surface area (Å²) in [7, 11) is 0. The molecule has 0 unspecified atom stereocenters. The van der Waals surface area contributed by atoms with Crippen molar-refractivity contribution >= 4 is 164 Å². The first-order valence-electron chi connectivity index (χ1n) is 51.1. The zero-order valence-corrected chi connectivity index (χ0v) is 84.1. The van der Waals surface area contributed by atoms with Crippen LogP contribution in [-0.2, 0) is 32.5 Å². The maximum absolute atomic E-state index is 10.2. The van der Waals surface area contributed by atoms with Gasteiger partial charge in [0, 0.05) is 107 Å². The van der Waals surface area contributed by atoms with E-state index in [1.54, 1.807) is 0 Å². The minimum absolute atomic E-state index is 0.109. The Hall–Kier alpha value is -14.3. The highest BCUT2D eigenvalue weighted by molar-refractivity contribution is 7.26. The molecule has 0 spiro atoms. The van der Waals surface area contributed by atoms with Crippen LogP contribution in [0.2, 0.25) is 0 Å². The fraction of sp³-hybridized carbons (Fsp3) is 0.182. The summed E-state index contributed by atoms with van der Waals surface area (Å²) in [4.78, 5) is 5.45. The third-order valence-corrected chi connectivity index (χ3v) is 31.9. The van der Waals surface area contributed by atoms with Crippen LogP contribution in [0.1, 0.15) is 163 Å². The summed E-state index contributed by atoms with van der Waals surface area (Å²) in [6.45, 7) is 41.6. The van der Waals surface area contributed by atoms with Crippen LogP contribution in [0, 0.1) is 0 Å². The number of aromatic nitrogens is 1. The molecule has 22 aromatic rings. The normalized spacial score (nSPS) is 13.6. The lowest BCUT2D eigenvalue weighted by atomic mass is 9.33. The molecule has 0 bridgehead atoms. The fourth-order valence-electron chi connectivity index (χ4n) is 22.1. The molecule has 2 aliphatic rings. The number of anilines is 6. The molecule has 0 amide bonds. The van der Waals surface area contributed by atoms with Crippen molar-refractivity contribution in [3.8, 4) is 94.7 Å². The van der Waals surface area contributed by atoms with Crippen LogP contribution < -0.4 is 26.2 Å². The van der Waals surface area contributed by atoms with Crippen molar-refractivity contribution < 1.29 is 9.90 Å². The number of thiophene rings is 2. The van der Waals surface area contributed by atoms with Crippen molar-refractivity contribution in [2.24, 2.45) is 0 Å². The summed E-state index contributed by atoms with van der Waals surface area (Å²) in [6, 6.07) is 129. The van der Waals surface area contributed by atoms with Gasteiger partial charge in [0.2, 0.25) is 0 Å². The Kier molecular flexibility index (Phi) is 19.2. The zero-order valence-electron chi connectivity index (χ0n) is 86.5. The third kappa shape index (κ3) is 14.7. The number of rotatable bonds is 11. The Morgan fingerprint density at radius 3 is 1.15 bits per heavy atom. The van der Waals surface area contributed by atoms with Crippen molar-refractivity contribution in [3.63, 3.8) is 0 Å². The smallest absolute Gasteiger partial charge is 0.252 e. The number of para-hydroxylation sites is 1. The SMILES string of the molecule is [2H]c1c([2H])c([2H])c2c(oc3cccc(-c4cc(C(C)(C)C)cc(-c5cccc6sc7ccccc7c56)c4N4c5ccc(-c6cc(-c7ccccc7)cc(C(C)(C)C)c6)cc5B5c6ccc(-c7cc(-c8ccccc8)cc(C(C)(C)C)c7)cc6N(c6c(-c7ccccc7)cc(C(C)(C)C)cc6-c6cccc7sc8ccccc8c67)c6cc(-n7c8ccc(C(C)(C)C)cc8c8cc(C(C)(C)C)ccc87)cc4c65)c32)c1[2H]. The second kappa shape index (κ2) is 32.1. The second-order valence-electron chi connectivity index (χ2n) is 44.9. The minimum atomic E-state index is -0.508. The molecule has 0 saturated carbocycles. The number of benzene rings is 18. The van der Waals surface area contributed by atoms with Gasteiger partial charge in [-0.2, -0.15) is 0 Å². The molecular weight excluding hydrogens is 1720 g/mol. The molecule has 2 aliphatic heterocycles. The van der Waals surface area contributed by atoms with Crippen molar-refractivity contribution in [2.45, 2.75) is 157 Å². The molecule has 4 nitrogen and oxygen atoms in total. The molecule has 24 rings (SSSR count). The number of furan rings is 1. The van der Waals surface area contributed by atoms with Gasteiger partial charge in [0.1, 0.15) is 11.2 Å². The number of fused-ring (bicyclic) bond motifs is 16. The van der Waals surface area contributed by atoms with Crippen LogP contribution in [0.15, 0.2) is 368 Å². The van der Waals surface area contributed by atoms with E-state index in [1.807, 2.05) is 28.7 Å². The summed E-state index contributed by atoms with van der Waals surface area (Å²) < 4.78 is 53.3. The van der Waals surface area contributed by atoms with Crippen molar-refractivity contribution in [3.05, 3.63) is 397 Å². The van der Waals surface area contributed by atoms with Crippen LogP contribution in [-0.4, -0.2) is 11.3 Å². The van der Waals surface area contributed by atoms with Gasteiger partial charge in [0.15, 0.2) is 0 Å². The van der Waals surface area contributed by atoms with Gasteiger partial charge < -0.3 is 18.8 Å². The average molecular weight is 1840 g/mol. The Morgan fingerprint density at radius 1 is 0.252 bits per heavy atom. The predicted molar refractivity (Wildman–Crippen MR) is 604 cm³/mol. The zero-order chi connectivity index (χ0) is 99.1. The van der Waals surface area contributed by atoms with E-state index in [0.29, 0.717) is 16.4 Å². The summed E-state index contributed by atoms with van der Waals surface area (Å²) in [6.07, 6.45) is 0. The van der Waals surface area contributed by atoms with Gasteiger partial charge in [-0.15, -0.1) is 22.7 Å². The molecule has 0 aliphatic carbocycles. The summed E-state index contributed by atoms with van der Waals surface area (Å²) in [5, 5.41) is 7.99. The molecule has 4 aromatic heterocycles. The first kappa shape index (κ1) is 82.9. The minimum Gasteiger partial charge on any atom is -0.456 e. The lowest BCUT2D eigenvalue weighted by Crippen LogP contribution is -2.61. The van der Waals surface area contributed by atoms with Crippen molar-refractivity contribution in [1.82, 2.24) is 4.57 Å². The lowest BCUT2D eigenvalue weighted by molar-refractivity contribution is 0.590. The van der Waals surface area contributed by atoms with E-state index in [2.05, 4.69) is 473 Å². The quantitative estimate of drug-likeness (QED) is 0.121. The lowest BCUT2D eigenvalue weighted by Gasteiger charge is -2.46. The third-order valence-electron chi connectivity index (χ3n) is 29.6. The summed E-state index contributed by atoms with van der Waals surface area (Å²) in [5.41, 5.74) is 35.4. The topological polar surface area (TPSA) is 24.6 Å². The van der Waals surface area contributed by atoms with Gasteiger partial charge >= 0.3 is 0 Å². The van der Waals surface area contributed by atoms with Crippen LogP contribution in [0.5, 0.6) is 0 Å². The Labute approximate surface area is 831 Å². The number of nitrogens with zero attached hydrogens (tertiary/aromatic N) is 3. The molecule has 0 saturated heterocycles. The van der Waals surface area contributed by atoms with E-state index >= 15 is 0 Å². The number of hydrogen-bond donors (Lipinski definition) is 0. The van der Waals surface area contributed by atoms with E-state index in [4.69, 9.17) is 4.42 Å². The van der Waals surface area contributed by atoms with E-state index < -0.39 is 12.1 Å². The first-order valence-corrected chi connectivity index (χ1v) is 50.7. The largest absolute Gasteiger partial charge is 0.456 e. The van der Waals surface area contributed by atoms with Gasteiger partial charge in [-0.25, -0.2) is 0 Å². The maximum atomic E-state index is 10.2. The molecule has 6 heterocycles. The summed E-state index contributed by atoms with van der Waals surface area (Å²) >= 11 is 3.68. The van der Waals surface area contributed by atoms with Gasteiger partial charge in [-0.05, 0) is 270 Å². The van der Waals surface area contributed by atoms with Crippen LogP contribution in [0.3, 0.4) is 0 Å². The molecule has 139 heavy (non-hydrogen) atoms. The van der Waals surface area contributed by atoms with Gasteiger partial charge in [0.05, 0.1) is 33.6 Å². The van der Waals surface area contributed by atoms with Crippen molar-refractivity contribution in [1.29, 1.82) is 0 Å². The van der Waals surface area contributed by atoms with E-state index in [0.717, 1.165) is 177 Å². The standard InChI is InChI=1S/C132H114BN3OS2/c1-127(2,3)88-57-61-109-102(71-88)103-72-89(128(4,5)6)58-62-110(103)134(109)94-77-113-124-114(78-94)136(125-101(81-41-26-21-27-42-81)73-92(131(13,14)15)74-105(125)96-47-35-53-119-122(96)99-44-29-32-51-117(99)138-119)112-70-83(87-64-85(80-39-24-20-25-40-80)66-91(68-87)130(10,11)12)55-59-107(112)133(124)108-69-82(86-63-84(79-37-22-19-23-38-79)65-90(67-86)129(7,8)9)56-60-111(108)135(113)126-104(95-46-34-50-116-121(95)98-43-28-31-49-115(98)137-116)75-93(132(16,17)18)76-106(126)97-48-36-54-120-123(97)100-45-30-33-52-118(100)139-120/h19-78H,1-18H3/i28D,31D,43D,49D. The van der Waals surface area contributed by atoms with Gasteiger partial charge in [0.25, 0.3) is 6.71 Å². The van der Waals surface area contributed by atoms with Crippen LogP contribution >= 0.6 is 22.7 Å². The highest BCUT2D eigenvalue weighted by atomic mass is 32.1. The second-order valence-corrected chi connectivity index (χ2v) is 47.1. The van der Waals surface area contributed by atoms with E-state index in [-0.39, 0.29) is 56.8 Å². The fourth-order valence-corrected chi connectivity index (χ4v) is 24.3. The van der Waals surface area contributed by atoms with Gasteiger partial charge in [-0.3, -0.25) is 0 Å². The van der Waals surface area contributed by atoms with E-state index in [9.17, 15) is 5.48 Å². The predicted octanol–water partition coefficient (Wildman–Crippen LogP) is 36.6. The molecule has 7 heteroatoms. The molecule has 678 valence electrons. The maximum Gasteiger partial charge on any atom is 0.252 e. The van der Waals surface area contributed by atoms with E-state index in [1.165, 1.54) is 63.5 Å². The Morgan fingerprint density at radius 2 is 0.655 bits per heavy atom. The molecule has 0 atom stereocenters. The molecule has 0 fully saturated rings. The number of hydrogen-bond acceptors (Lipinski definition) is 5. The summed E-state index contributed by atoms with van der Waals surface area (Å²) in [5.74, 6) is 0. The van der Waals surface area contributed by atoms with Gasteiger partial charge in [-0.1, -0.05) is 367 Å². The highest BCUT2D eigenvalue weighted by Crippen LogP contribution is 2.60. The Balaban J connectivity index is 0.949. The first-order chi connectivity index (χ1) is 68.4.